The number of fused-ring (bicyclic) bond motifs is 1. The standard InChI is InChI=1S/C15H18N4O2/c20-15(19-8-5-11-3-1-4-14(11)19)13-9-12(21-17-13)10-18-7-2-6-16-18/h2,6-7,9,11,14H,1,3-5,8,10H2/t11-,14-/m0/s1. The summed E-state index contributed by atoms with van der Waals surface area (Å²) in [6.45, 7) is 1.36. The molecular weight excluding hydrogens is 268 g/mol. The fraction of sp³-hybridized carbons (Fsp3) is 0.533. The van der Waals surface area contributed by atoms with Crippen LogP contribution in [0.5, 0.6) is 0 Å². The lowest BCUT2D eigenvalue weighted by Crippen LogP contribution is -2.36. The average molecular weight is 286 g/mol. The Balaban J connectivity index is 1.49. The highest BCUT2D eigenvalue weighted by molar-refractivity contribution is 5.92. The van der Waals surface area contributed by atoms with Gasteiger partial charge in [0, 0.05) is 31.0 Å². The minimum Gasteiger partial charge on any atom is -0.359 e. The molecule has 110 valence electrons. The van der Waals surface area contributed by atoms with Crippen LogP contribution in [0.3, 0.4) is 0 Å². The molecular formula is C15H18N4O2. The minimum atomic E-state index is 0.0138. The molecule has 2 aliphatic rings. The van der Waals surface area contributed by atoms with Crippen molar-refractivity contribution in [2.24, 2.45) is 5.92 Å². The molecule has 0 N–H and O–H groups in total. The minimum absolute atomic E-state index is 0.0138. The van der Waals surface area contributed by atoms with Crippen LogP contribution in [0.2, 0.25) is 0 Å². The second kappa shape index (κ2) is 5.02. The van der Waals surface area contributed by atoms with Crippen LogP contribution in [-0.4, -0.2) is 38.3 Å². The number of carbonyl (C=O) groups is 1. The second-order valence-corrected chi connectivity index (χ2v) is 5.93. The molecule has 0 aromatic carbocycles. The first-order valence-electron chi connectivity index (χ1n) is 7.55. The topological polar surface area (TPSA) is 64.2 Å². The summed E-state index contributed by atoms with van der Waals surface area (Å²) in [4.78, 5) is 14.6. The van der Waals surface area contributed by atoms with Gasteiger partial charge in [0.05, 0.1) is 0 Å². The number of carbonyl (C=O) groups excluding carboxylic acids is 1. The summed E-state index contributed by atoms with van der Waals surface area (Å²) in [6.07, 6.45) is 8.34. The summed E-state index contributed by atoms with van der Waals surface area (Å²) in [5.74, 6) is 1.37. The lowest BCUT2D eigenvalue weighted by Gasteiger charge is -2.22. The van der Waals surface area contributed by atoms with E-state index in [1.54, 1.807) is 16.9 Å². The Morgan fingerprint density at radius 1 is 1.38 bits per heavy atom. The van der Waals surface area contributed by atoms with Gasteiger partial charge in [0.2, 0.25) is 0 Å². The monoisotopic (exact) mass is 286 g/mol. The summed E-state index contributed by atoms with van der Waals surface area (Å²) < 4.78 is 7.02. The third-order valence-corrected chi connectivity index (χ3v) is 4.68. The van der Waals surface area contributed by atoms with E-state index in [1.807, 2.05) is 17.2 Å². The second-order valence-electron chi connectivity index (χ2n) is 5.93. The Morgan fingerprint density at radius 3 is 3.19 bits per heavy atom. The Morgan fingerprint density at radius 2 is 2.33 bits per heavy atom. The highest BCUT2D eigenvalue weighted by Gasteiger charge is 2.40. The number of likely N-dealkylation sites (tertiary alicyclic amines) is 1. The van der Waals surface area contributed by atoms with Crippen molar-refractivity contribution < 1.29 is 9.32 Å². The summed E-state index contributed by atoms with van der Waals surface area (Å²) in [6, 6.07) is 4.02. The van der Waals surface area contributed by atoms with Gasteiger partial charge < -0.3 is 9.42 Å². The van der Waals surface area contributed by atoms with Crippen LogP contribution in [0.1, 0.15) is 41.9 Å². The third kappa shape index (κ3) is 2.24. The Bertz CT molecular complexity index is 634. The first kappa shape index (κ1) is 12.6. The molecule has 4 rings (SSSR count). The van der Waals surface area contributed by atoms with Crippen LogP contribution >= 0.6 is 0 Å². The van der Waals surface area contributed by atoms with Crippen LogP contribution in [0.15, 0.2) is 29.0 Å². The van der Waals surface area contributed by atoms with Crippen molar-refractivity contribution in [1.29, 1.82) is 0 Å². The normalized spacial score (nSPS) is 24.5. The Hall–Kier alpha value is -2.11. The predicted molar refractivity (Wildman–Crippen MR) is 74.6 cm³/mol. The van der Waals surface area contributed by atoms with Crippen LogP contribution in [-0.2, 0) is 6.54 Å². The van der Waals surface area contributed by atoms with Crippen molar-refractivity contribution in [3.63, 3.8) is 0 Å². The smallest absolute Gasteiger partial charge is 0.276 e. The molecule has 0 bridgehead atoms. The van der Waals surface area contributed by atoms with Crippen molar-refractivity contribution in [1.82, 2.24) is 19.8 Å². The molecule has 3 heterocycles. The molecule has 1 aliphatic carbocycles. The SMILES string of the molecule is O=C(c1cc(Cn2cccn2)on1)N1CC[C@@H]2CCC[C@@H]21. The van der Waals surface area contributed by atoms with Gasteiger partial charge in [-0.25, -0.2) is 0 Å². The molecule has 6 heteroatoms. The van der Waals surface area contributed by atoms with Gasteiger partial charge in [-0.1, -0.05) is 11.6 Å². The Labute approximate surface area is 122 Å². The predicted octanol–water partition coefficient (Wildman–Crippen LogP) is 1.93. The van der Waals surface area contributed by atoms with E-state index in [2.05, 4.69) is 10.3 Å². The maximum Gasteiger partial charge on any atom is 0.276 e. The van der Waals surface area contributed by atoms with Gasteiger partial charge in [-0.15, -0.1) is 0 Å². The van der Waals surface area contributed by atoms with Gasteiger partial charge >= 0.3 is 0 Å². The average Bonchev–Trinajstić information content (AvgIpc) is 3.24. The van der Waals surface area contributed by atoms with E-state index in [-0.39, 0.29) is 5.91 Å². The van der Waals surface area contributed by atoms with Crippen molar-refractivity contribution >= 4 is 5.91 Å². The zero-order valence-corrected chi connectivity index (χ0v) is 11.8. The molecule has 2 aromatic rings. The van der Waals surface area contributed by atoms with Gasteiger partial charge in [-0.2, -0.15) is 5.10 Å². The summed E-state index contributed by atoms with van der Waals surface area (Å²) in [5.41, 5.74) is 0.421. The summed E-state index contributed by atoms with van der Waals surface area (Å²) >= 11 is 0. The number of amides is 1. The third-order valence-electron chi connectivity index (χ3n) is 4.68. The van der Waals surface area contributed by atoms with E-state index in [9.17, 15) is 4.79 Å². The van der Waals surface area contributed by atoms with Crippen LogP contribution in [0.25, 0.3) is 0 Å². The lowest BCUT2D eigenvalue weighted by molar-refractivity contribution is 0.0718. The van der Waals surface area contributed by atoms with Crippen LogP contribution in [0, 0.1) is 5.92 Å². The number of rotatable bonds is 3. The first-order chi connectivity index (χ1) is 10.3. The quantitative estimate of drug-likeness (QED) is 0.865. The molecule has 1 amide bonds. The van der Waals surface area contributed by atoms with Crippen molar-refractivity contribution in [3.05, 3.63) is 36.0 Å². The molecule has 2 fully saturated rings. The van der Waals surface area contributed by atoms with Gasteiger partial charge in [0.15, 0.2) is 11.5 Å². The van der Waals surface area contributed by atoms with Gasteiger partial charge in [-0.3, -0.25) is 9.48 Å². The highest BCUT2D eigenvalue weighted by atomic mass is 16.5. The fourth-order valence-corrected chi connectivity index (χ4v) is 3.68. The number of aromatic nitrogens is 3. The van der Waals surface area contributed by atoms with E-state index >= 15 is 0 Å². The maximum atomic E-state index is 12.6. The van der Waals surface area contributed by atoms with E-state index in [0.29, 0.717) is 30.0 Å². The maximum absolute atomic E-state index is 12.6. The summed E-state index contributed by atoms with van der Waals surface area (Å²) in [5, 5.41) is 8.07. The molecule has 1 saturated heterocycles. The molecule has 1 aliphatic heterocycles. The van der Waals surface area contributed by atoms with Crippen molar-refractivity contribution in [2.75, 3.05) is 6.54 Å². The molecule has 1 saturated carbocycles. The lowest BCUT2D eigenvalue weighted by atomic mass is 10.0. The van der Waals surface area contributed by atoms with E-state index in [1.165, 1.54) is 12.8 Å². The van der Waals surface area contributed by atoms with Gasteiger partial charge in [-0.05, 0) is 31.2 Å². The van der Waals surface area contributed by atoms with Crippen LogP contribution in [0.4, 0.5) is 0 Å². The summed E-state index contributed by atoms with van der Waals surface area (Å²) in [7, 11) is 0. The molecule has 2 aromatic heterocycles. The number of nitrogens with zero attached hydrogens (tertiary/aromatic N) is 4. The highest BCUT2D eigenvalue weighted by Crippen LogP contribution is 2.38. The van der Waals surface area contributed by atoms with Crippen molar-refractivity contribution in [2.45, 2.75) is 38.3 Å². The van der Waals surface area contributed by atoms with E-state index in [4.69, 9.17) is 4.52 Å². The van der Waals surface area contributed by atoms with Gasteiger partial charge in [0.1, 0.15) is 6.54 Å². The first-order valence-corrected chi connectivity index (χ1v) is 7.55. The zero-order valence-electron chi connectivity index (χ0n) is 11.8. The van der Waals surface area contributed by atoms with Gasteiger partial charge in [0.25, 0.3) is 5.91 Å². The Kier molecular flexibility index (Phi) is 3.02. The molecule has 0 unspecified atom stereocenters. The zero-order chi connectivity index (χ0) is 14.2. The fourth-order valence-electron chi connectivity index (χ4n) is 3.68. The van der Waals surface area contributed by atoms with Crippen molar-refractivity contribution in [3.8, 4) is 0 Å². The molecule has 0 radical (unpaired) electrons. The largest absolute Gasteiger partial charge is 0.359 e. The molecule has 0 spiro atoms. The number of hydrogen-bond donors (Lipinski definition) is 0. The van der Waals surface area contributed by atoms with E-state index < -0.39 is 0 Å². The molecule has 6 nitrogen and oxygen atoms in total. The van der Waals surface area contributed by atoms with E-state index in [0.717, 1.165) is 19.4 Å². The molecule has 21 heavy (non-hydrogen) atoms. The number of hydrogen-bond acceptors (Lipinski definition) is 4. The van der Waals surface area contributed by atoms with Crippen LogP contribution < -0.4 is 0 Å². The molecule has 2 atom stereocenters.